The minimum atomic E-state index is -0.527. The Morgan fingerprint density at radius 1 is 1.25 bits per heavy atom. The fourth-order valence-electron chi connectivity index (χ4n) is 2.71. The fraction of sp³-hybridized carbons (Fsp3) is 0.400. The highest BCUT2D eigenvalue weighted by molar-refractivity contribution is 7.99. The van der Waals surface area contributed by atoms with Crippen LogP contribution in [0.25, 0.3) is 0 Å². The SMILES string of the molecule is CC(C)(C)NC(=O)C1CSCN1C(=O)c1ccc(COc2ccc(F)cc2)o1. The number of benzene rings is 1. The smallest absolute Gasteiger partial charge is 0.290 e. The number of halogens is 1. The van der Waals surface area contributed by atoms with E-state index in [4.69, 9.17) is 9.15 Å². The molecule has 0 saturated carbocycles. The number of carbonyl (C=O) groups is 2. The largest absolute Gasteiger partial charge is 0.486 e. The van der Waals surface area contributed by atoms with Crippen LogP contribution >= 0.6 is 11.8 Å². The van der Waals surface area contributed by atoms with Crippen LogP contribution in [0, 0.1) is 5.82 Å². The van der Waals surface area contributed by atoms with Crippen molar-refractivity contribution in [2.75, 3.05) is 11.6 Å². The maximum Gasteiger partial charge on any atom is 0.290 e. The zero-order valence-corrected chi connectivity index (χ0v) is 16.8. The summed E-state index contributed by atoms with van der Waals surface area (Å²) in [6.07, 6.45) is 0. The van der Waals surface area contributed by atoms with Gasteiger partial charge < -0.3 is 19.4 Å². The van der Waals surface area contributed by atoms with Crippen LogP contribution in [0.2, 0.25) is 0 Å². The Labute approximate surface area is 167 Å². The van der Waals surface area contributed by atoms with Gasteiger partial charge in [0.2, 0.25) is 5.91 Å². The van der Waals surface area contributed by atoms with Crippen molar-refractivity contribution in [3.63, 3.8) is 0 Å². The van der Waals surface area contributed by atoms with Crippen molar-refractivity contribution in [2.45, 2.75) is 39.0 Å². The predicted molar refractivity (Wildman–Crippen MR) is 105 cm³/mol. The van der Waals surface area contributed by atoms with Crippen LogP contribution in [0.1, 0.15) is 37.1 Å². The first-order valence-electron chi connectivity index (χ1n) is 8.91. The summed E-state index contributed by atoms with van der Waals surface area (Å²) in [7, 11) is 0. The molecule has 0 aliphatic carbocycles. The van der Waals surface area contributed by atoms with E-state index in [2.05, 4.69) is 5.32 Å². The lowest BCUT2D eigenvalue weighted by Crippen LogP contribution is -2.52. The third-order valence-corrected chi connectivity index (χ3v) is 5.02. The van der Waals surface area contributed by atoms with Crippen molar-refractivity contribution in [1.29, 1.82) is 0 Å². The number of hydrogen-bond acceptors (Lipinski definition) is 5. The summed E-state index contributed by atoms with van der Waals surface area (Å²) >= 11 is 1.53. The summed E-state index contributed by atoms with van der Waals surface area (Å²) < 4.78 is 24.1. The van der Waals surface area contributed by atoms with E-state index in [1.165, 1.54) is 40.9 Å². The van der Waals surface area contributed by atoms with Gasteiger partial charge in [-0.1, -0.05) is 0 Å². The first kappa shape index (κ1) is 20.3. The van der Waals surface area contributed by atoms with Gasteiger partial charge in [0.15, 0.2) is 5.76 Å². The number of thioether (sulfide) groups is 1. The van der Waals surface area contributed by atoms with E-state index < -0.39 is 6.04 Å². The van der Waals surface area contributed by atoms with Gasteiger partial charge in [-0.15, -0.1) is 11.8 Å². The summed E-state index contributed by atoms with van der Waals surface area (Å²) in [5, 5.41) is 2.92. The molecule has 6 nitrogen and oxygen atoms in total. The molecule has 1 aromatic heterocycles. The van der Waals surface area contributed by atoms with Crippen molar-refractivity contribution in [3.05, 3.63) is 53.7 Å². The molecule has 1 atom stereocenters. The van der Waals surface area contributed by atoms with E-state index in [9.17, 15) is 14.0 Å². The van der Waals surface area contributed by atoms with Gasteiger partial charge in [0.1, 0.15) is 30.0 Å². The molecule has 0 radical (unpaired) electrons. The van der Waals surface area contributed by atoms with E-state index >= 15 is 0 Å². The molecule has 0 bridgehead atoms. The Kier molecular flexibility index (Phi) is 5.98. The Hall–Kier alpha value is -2.48. The van der Waals surface area contributed by atoms with Crippen molar-refractivity contribution in [2.24, 2.45) is 0 Å². The Bertz CT molecular complexity index is 845. The number of ether oxygens (including phenoxy) is 1. The molecule has 1 N–H and O–H groups in total. The standard InChI is InChI=1S/C20H23FN2O4S/c1-20(2,3)22-18(24)16-11-28-12-23(16)19(25)17-9-8-15(27-17)10-26-14-6-4-13(21)5-7-14/h4-9,16H,10-12H2,1-3H3,(H,22,24). The number of furan rings is 1. The molecule has 1 aliphatic rings. The molecule has 8 heteroatoms. The van der Waals surface area contributed by atoms with Gasteiger partial charge in [0, 0.05) is 11.3 Å². The van der Waals surface area contributed by atoms with Crippen LogP contribution < -0.4 is 10.1 Å². The van der Waals surface area contributed by atoms with E-state index in [0.29, 0.717) is 23.1 Å². The molecule has 2 amide bonds. The van der Waals surface area contributed by atoms with Crippen molar-refractivity contribution in [1.82, 2.24) is 10.2 Å². The molecule has 28 heavy (non-hydrogen) atoms. The van der Waals surface area contributed by atoms with Gasteiger partial charge in [0.05, 0.1) is 5.88 Å². The van der Waals surface area contributed by atoms with E-state index in [1.54, 1.807) is 12.1 Å². The maximum absolute atomic E-state index is 12.9. The number of rotatable bonds is 5. The Balaban J connectivity index is 1.62. The maximum atomic E-state index is 12.9. The molecule has 1 aliphatic heterocycles. The number of hydrogen-bond donors (Lipinski definition) is 1. The van der Waals surface area contributed by atoms with Crippen LogP contribution in [0.15, 0.2) is 40.8 Å². The quantitative estimate of drug-likeness (QED) is 0.824. The zero-order valence-electron chi connectivity index (χ0n) is 16.0. The zero-order chi connectivity index (χ0) is 20.3. The van der Waals surface area contributed by atoms with Crippen molar-refractivity contribution in [3.8, 4) is 5.75 Å². The minimum absolute atomic E-state index is 0.113. The molecule has 2 aromatic rings. The molecule has 0 spiro atoms. The molecular weight excluding hydrogens is 383 g/mol. The molecule has 1 fully saturated rings. The van der Waals surface area contributed by atoms with Gasteiger partial charge in [-0.05, 0) is 57.2 Å². The molecule has 1 aromatic carbocycles. The topological polar surface area (TPSA) is 71.8 Å². The third kappa shape index (κ3) is 5.07. The number of nitrogens with zero attached hydrogens (tertiary/aromatic N) is 1. The Morgan fingerprint density at radius 2 is 1.96 bits per heavy atom. The van der Waals surface area contributed by atoms with Gasteiger partial charge >= 0.3 is 0 Å². The lowest BCUT2D eigenvalue weighted by Gasteiger charge is -2.27. The summed E-state index contributed by atoms with van der Waals surface area (Å²) in [6.45, 7) is 5.82. The van der Waals surface area contributed by atoms with Crippen molar-refractivity contribution >= 4 is 23.6 Å². The van der Waals surface area contributed by atoms with Gasteiger partial charge in [-0.2, -0.15) is 0 Å². The third-order valence-electron chi connectivity index (χ3n) is 4.01. The number of amides is 2. The molecule has 1 saturated heterocycles. The van der Waals surface area contributed by atoms with Crippen LogP contribution in [-0.2, 0) is 11.4 Å². The molecule has 2 heterocycles. The van der Waals surface area contributed by atoms with E-state index in [1.807, 2.05) is 20.8 Å². The van der Waals surface area contributed by atoms with Crippen LogP contribution in [-0.4, -0.2) is 39.9 Å². The highest BCUT2D eigenvalue weighted by Gasteiger charge is 2.37. The highest BCUT2D eigenvalue weighted by atomic mass is 32.2. The van der Waals surface area contributed by atoms with Crippen molar-refractivity contribution < 1.29 is 23.1 Å². The highest BCUT2D eigenvalue weighted by Crippen LogP contribution is 2.25. The average molecular weight is 406 g/mol. The van der Waals surface area contributed by atoms with E-state index in [0.717, 1.165) is 0 Å². The molecule has 1 unspecified atom stereocenters. The van der Waals surface area contributed by atoms with E-state index in [-0.39, 0.29) is 35.5 Å². The average Bonchev–Trinajstić information content (AvgIpc) is 3.29. The predicted octanol–water partition coefficient (Wildman–Crippen LogP) is 3.43. The molecule has 150 valence electrons. The first-order chi connectivity index (χ1) is 13.2. The Morgan fingerprint density at radius 3 is 2.64 bits per heavy atom. The lowest BCUT2D eigenvalue weighted by atomic mass is 10.1. The van der Waals surface area contributed by atoms with Gasteiger partial charge in [-0.3, -0.25) is 9.59 Å². The van der Waals surface area contributed by atoms with Crippen LogP contribution in [0.4, 0.5) is 4.39 Å². The van der Waals surface area contributed by atoms with Crippen LogP contribution in [0.5, 0.6) is 5.75 Å². The molecule has 3 rings (SSSR count). The molecular formula is C20H23FN2O4S. The normalized spacial score (nSPS) is 16.9. The van der Waals surface area contributed by atoms with Gasteiger partial charge in [0.25, 0.3) is 5.91 Å². The second-order valence-corrected chi connectivity index (χ2v) is 8.54. The van der Waals surface area contributed by atoms with Crippen LogP contribution in [0.3, 0.4) is 0 Å². The summed E-state index contributed by atoms with van der Waals surface area (Å²) in [6, 6.07) is 8.35. The first-order valence-corrected chi connectivity index (χ1v) is 10.1. The summed E-state index contributed by atoms with van der Waals surface area (Å²) in [5.74, 6) is 1.28. The van der Waals surface area contributed by atoms with Gasteiger partial charge in [-0.25, -0.2) is 4.39 Å². The lowest BCUT2D eigenvalue weighted by molar-refractivity contribution is -0.125. The minimum Gasteiger partial charge on any atom is -0.486 e. The second-order valence-electron chi connectivity index (χ2n) is 7.54. The monoisotopic (exact) mass is 406 g/mol. The number of carbonyl (C=O) groups excluding carboxylic acids is 2. The fourth-order valence-corrected chi connectivity index (χ4v) is 3.86. The summed E-state index contributed by atoms with van der Waals surface area (Å²) in [4.78, 5) is 26.8. The summed E-state index contributed by atoms with van der Waals surface area (Å²) in [5.41, 5.74) is -0.366. The number of nitrogens with one attached hydrogen (secondary N) is 1. The second kappa shape index (κ2) is 8.26.